The van der Waals surface area contributed by atoms with E-state index in [1.54, 1.807) is 11.0 Å². The van der Waals surface area contributed by atoms with Crippen LogP contribution in [0.3, 0.4) is 0 Å². The maximum Gasteiger partial charge on any atom is 0.236 e. The van der Waals surface area contributed by atoms with Crippen molar-refractivity contribution in [2.24, 2.45) is 5.73 Å². The molecule has 2 unspecified atom stereocenters. The molecular formula is C14H16FN3O. The van der Waals surface area contributed by atoms with Crippen molar-refractivity contribution >= 4 is 5.91 Å². The van der Waals surface area contributed by atoms with Gasteiger partial charge in [-0.3, -0.25) is 4.79 Å². The fraction of sp³-hybridized carbons (Fsp3) is 0.429. The van der Waals surface area contributed by atoms with Gasteiger partial charge < -0.3 is 10.6 Å². The lowest BCUT2D eigenvalue weighted by molar-refractivity contribution is -0.131. The lowest BCUT2D eigenvalue weighted by Crippen LogP contribution is -2.49. The number of carbonyl (C=O) groups excluding carboxylic acids is 1. The molecular weight excluding hydrogens is 245 g/mol. The third-order valence-electron chi connectivity index (χ3n) is 3.52. The molecule has 2 rings (SSSR count). The van der Waals surface area contributed by atoms with Crippen LogP contribution in [0.1, 0.15) is 24.3 Å². The van der Waals surface area contributed by atoms with E-state index in [0.29, 0.717) is 19.5 Å². The Balaban J connectivity index is 2.05. The highest BCUT2D eigenvalue weighted by Gasteiger charge is 2.29. The number of nitrogens with two attached hydrogens (primary N) is 1. The summed E-state index contributed by atoms with van der Waals surface area (Å²) in [6.07, 6.45) is 0.582. The molecule has 19 heavy (non-hydrogen) atoms. The zero-order chi connectivity index (χ0) is 13.8. The predicted molar refractivity (Wildman–Crippen MR) is 68.5 cm³/mol. The van der Waals surface area contributed by atoms with Gasteiger partial charge in [0.05, 0.1) is 6.07 Å². The van der Waals surface area contributed by atoms with Crippen molar-refractivity contribution in [2.45, 2.75) is 24.8 Å². The minimum absolute atomic E-state index is 0.0573. The third-order valence-corrected chi connectivity index (χ3v) is 3.52. The Morgan fingerprint density at radius 1 is 1.58 bits per heavy atom. The maximum atomic E-state index is 13.2. The molecule has 4 nitrogen and oxygen atoms in total. The quantitative estimate of drug-likeness (QED) is 0.874. The van der Waals surface area contributed by atoms with Crippen LogP contribution in [0.5, 0.6) is 0 Å². The van der Waals surface area contributed by atoms with E-state index in [2.05, 4.69) is 0 Å². The summed E-state index contributed by atoms with van der Waals surface area (Å²) in [7, 11) is 0. The summed E-state index contributed by atoms with van der Waals surface area (Å²) in [5.74, 6) is -0.398. The highest BCUT2D eigenvalue weighted by molar-refractivity contribution is 5.78. The van der Waals surface area contributed by atoms with Crippen molar-refractivity contribution in [3.63, 3.8) is 0 Å². The zero-order valence-electron chi connectivity index (χ0n) is 10.6. The number of nitrogens with zero attached hydrogens (tertiary/aromatic N) is 2. The second-order valence-electron chi connectivity index (χ2n) is 4.79. The van der Waals surface area contributed by atoms with Crippen molar-refractivity contribution in [3.8, 4) is 6.07 Å². The number of rotatable bonds is 2. The highest BCUT2D eigenvalue weighted by Crippen LogP contribution is 2.27. The smallest absolute Gasteiger partial charge is 0.236 e. The average Bonchev–Trinajstić information content (AvgIpc) is 2.38. The number of benzene rings is 1. The van der Waals surface area contributed by atoms with E-state index in [-0.39, 0.29) is 30.1 Å². The molecule has 100 valence electrons. The van der Waals surface area contributed by atoms with Gasteiger partial charge in [-0.25, -0.2) is 4.39 Å². The molecule has 1 amide bonds. The normalized spacial score (nSPS) is 22.9. The van der Waals surface area contributed by atoms with Crippen molar-refractivity contribution in [1.29, 1.82) is 5.26 Å². The molecule has 0 saturated carbocycles. The standard InChI is InChI=1S/C14H16FN3O/c15-11-3-1-2-10(8-11)12-5-7-18(9-13(12)17)14(19)4-6-16/h1-3,8,12-13H,4-5,7,9,17H2. The van der Waals surface area contributed by atoms with Crippen molar-refractivity contribution in [3.05, 3.63) is 35.6 Å². The number of amides is 1. The summed E-state index contributed by atoms with van der Waals surface area (Å²) in [5.41, 5.74) is 6.96. The van der Waals surface area contributed by atoms with Crippen LogP contribution >= 0.6 is 0 Å². The topological polar surface area (TPSA) is 70.1 Å². The highest BCUT2D eigenvalue weighted by atomic mass is 19.1. The van der Waals surface area contributed by atoms with Crippen LogP contribution in [0.15, 0.2) is 24.3 Å². The summed E-state index contributed by atoms with van der Waals surface area (Å²) in [5, 5.41) is 8.52. The van der Waals surface area contributed by atoms with E-state index in [1.165, 1.54) is 12.1 Å². The molecule has 1 fully saturated rings. The van der Waals surface area contributed by atoms with Crippen LogP contribution in [0.2, 0.25) is 0 Å². The number of hydrogen-bond donors (Lipinski definition) is 1. The fourth-order valence-electron chi connectivity index (χ4n) is 2.54. The van der Waals surface area contributed by atoms with E-state index in [0.717, 1.165) is 5.56 Å². The molecule has 5 heteroatoms. The molecule has 2 N–H and O–H groups in total. The van der Waals surface area contributed by atoms with Gasteiger partial charge in [-0.05, 0) is 24.1 Å². The van der Waals surface area contributed by atoms with Crippen LogP contribution in [0.4, 0.5) is 4.39 Å². The van der Waals surface area contributed by atoms with Crippen LogP contribution in [-0.2, 0) is 4.79 Å². The third kappa shape index (κ3) is 3.09. The first-order valence-electron chi connectivity index (χ1n) is 6.27. The summed E-state index contributed by atoms with van der Waals surface area (Å²) in [6.45, 7) is 0.983. The molecule has 1 aliphatic heterocycles. The monoisotopic (exact) mass is 261 g/mol. The van der Waals surface area contributed by atoms with E-state index in [4.69, 9.17) is 11.0 Å². The molecule has 1 aliphatic rings. The second kappa shape index (κ2) is 5.81. The van der Waals surface area contributed by atoms with Crippen molar-refractivity contribution in [2.75, 3.05) is 13.1 Å². The Labute approximate surface area is 111 Å². The molecule has 0 radical (unpaired) electrons. The predicted octanol–water partition coefficient (Wildman–Crippen LogP) is 1.38. The van der Waals surface area contributed by atoms with Gasteiger partial charge in [-0.1, -0.05) is 12.1 Å². The number of hydrogen-bond acceptors (Lipinski definition) is 3. The van der Waals surface area contributed by atoms with Gasteiger partial charge in [0.1, 0.15) is 12.2 Å². The molecule has 0 bridgehead atoms. The van der Waals surface area contributed by atoms with E-state index < -0.39 is 0 Å². The van der Waals surface area contributed by atoms with Gasteiger partial charge >= 0.3 is 0 Å². The zero-order valence-corrected chi connectivity index (χ0v) is 10.6. The Kier molecular flexibility index (Phi) is 4.13. The Morgan fingerprint density at radius 2 is 2.37 bits per heavy atom. The van der Waals surface area contributed by atoms with Gasteiger partial charge in [-0.2, -0.15) is 5.26 Å². The lowest BCUT2D eigenvalue weighted by Gasteiger charge is -2.36. The SMILES string of the molecule is N#CCC(=O)N1CCC(c2cccc(F)c2)C(N)C1. The van der Waals surface area contributed by atoms with E-state index in [1.807, 2.05) is 12.1 Å². The fourth-order valence-corrected chi connectivity index (χ4v) is 2.54. The molecule has 1 aromatic rings. The first kappa shape index (κ1) is 13.5. The molecule has 0 spiro atoms. The van der Waals surface area contributed by atoms with Gasteiger partial charge in [-0.15, -0.1) is 0 Å². The van der Waals surface area contributed by atoms with Crippen molar-refractivity contribution < 1.29 is 9.18 Å². The van der Waals surface area contributed by atoms with E-state index in [9.17, 15) is 9.18 Å². The summed E-state index contributed by atoms with van der Waals surface area (Å²) in [6, 6.07) is 8.06. The van der Waals surface area contributed by atoms with E-state index >= 15 is 0 Å². The lowest BCUT2D eigenvalue weighted by atomic mass is 9.85. The minimum Gasteiger partial charge on any atom is -0.340 e. The number of piperidine rings is 1. The van der Waals surface area contributed by atoms with Gasteiger partial charge in [0, 0.05) is 25.0 Å². The van der Waals surface area contributed by atoms with Crippen LogP contribution in [-0.4, -0.2) is 29.9 Å². The van der Waals surface area contributed by atoms with Crippen LogP contribution < -0.4 is 5.73 Å². The number of carbonyl (C=O) groups is 1. The Morgan fingerprint density at radius 3 is 3.00 bits per heavy atom. The number of halogens is 1. The maximum absolute atomic E-state index is 13.2. The van der Waals surface area contributed by atoms with Crippen LogP contribution in [0, 0.1) is 17.1 Å². The molecule has 2 atom stereocenters. The average molecular weight is 261 g/mol. The summed E-state index contributed by atoms with van der Waals surface area (Å²) in [4.78, 5) is 13.2. The molecule has 1 aromatic carbocycles. The number of likely N-dealkylation sites (tertiary alicyclic amines) is 1. The second-order valence-corrected chi connectivity index (χ2v) is 4.79. The van der Waals surface area contributed by atoms with Crippen molar-refractivity contribution in [1.82, 2.24) is 4.90 Å². The van der Waals surface area contributed by atoms with Gasteiger partial charge in [0.2, 0.25) is 5.91 Å². The Hall–Kier alpha value is -1.93. The molecule has 1 saturated heterocycles. The van der Waals surface area contributed by atoms with Crippen LogP contribution in [0.25, 0.3) is 0 Å². The summed E-state index contributed by atoms with van der Waals surface area (Å²) >= 11 is 0. The number of nitriles is 1. The van der Waals surface area contributed by atoms with Gasteiger partial charge in [0.25, 0.3) is 0 Å². The largest absolute Gasteiger partial charge is 0.340 e. The Bertz CT molecular complexity index is 512. The summed E-state index contributed by atoms with van der Waals surface area (Å²) < 4.78 is 13.2. The first-order valence-corrected chi connectivity index (χ1v) is 6.27. The minimum atomic E-state index is -0.271. The first-order chi connectivity index (χ1) is 9.11. The van der Waals surface area contributed by atoms with Gasteiger partial charge in [0.15, 0.2) is 0 Å². The molecule has 0 aromatic heterocycles. The molecule has 1 heterocycles. The molecule has 0 aliphatic carbocycles.